The van der Waals surface area contributed by atoms with Crippen LogP contribution in [0.5, 0.6) is 0 Å². The second-order valence-electron chi connectivity index (χ2n) is 3.52. The predicted molar refractivity (Wildman–Crippen MR) is 40.5 cm³/mol. The lowest BCUT2D eigenvalue weighted by Crippen LogP contribution is -2.24. The molecule has 0 unspecified atom stereocenters. The Kier molecular flexibility index (Phi) is 3.86. The van der Waals surface area contributed by atoms with Crippen LogP contribution in [0.15, 0.2) is 0 Å². The summed E-state index contributed by atoms with van der Waals surface area (Å²) in [7, 11) is 3.85. The minimum absolute atomic E-state index is 0.212. The van der Waals surface area contributed by atoms with Crippen molar-refractivity contribution in [2.45, 2.75) is 26.4 Å². The van der Waals surface area contributed by atoms with Crippen molar-refractivity contribution in [1.82, 2.24) is 4.90 Å². The van der Waals surface area contributed by atoms with Gasteiger partial charge in [-0.3, -0.25) is 4.90 Å². The van der Waals surface area contributed by atoms with Crippen molar-refractivity contribution in [3.05, 3.63) is 0 Å². The van der Waals surface area contributed by atoms with Crippen molar-refractivity contribution >= 4 is 0 Å². The van der Waals surface area contributed by atoms with Gasteiger partial charge in [0.25, 0.3) is 0 Å². The van der Waals surface area contributed by atoms with Gasteiger partial charge >= 0.3 is 0 Å². The first kappa shape index (κ1) is 9.88. The molecule has 0 aromatic rings. The Bertz CT molecular complexity index is 86.1. The Morgan fingerprint density at radius 3 is 2.00 bits per heavy atom. The van der Waals surface area contributed by atoms with Gasteiger partial charge in [-0.25, -0.2) is 9.78 Å². The van der Waals surface area contributed by atoms with Gasteiger partial charge in [0.1, 0.15) is 6.73 Å². The van der Waals surface area contributed by atoms with Crippen LogP contribution in [0.1, 0.15) is 20.8 Å². The van der Waals surface area contributed by atoms with Gasteiger partial charge in [0.05, 0.1) is 5.60 Å². The van der Waals surface area contributed by atoms with Crippen molar-refractivity contribution in [2.24, 2.45) is 0 Å². The number of hydrogen-bond acceptors (Lipinski definition) is 3. The summed E-state index contributed by atoms with van der Waals surface area (Å²) in [5, 5.41) is 0. The molecule has 3 heteroatoms. The van der Waals surface area contributed by atoms with Gasteiger partial charge in [-0.1, -0.05) is 0 Å². The molecule has 0 N–H and O–H groups in total. The summed E-state index contributed by atoms with van der Waals surface area (Å²) >= 11 is 0. The number of nitrogens with zero attached hydrogens (tertiary/aromatic N) is 1. The van der Waals surface area contributed by atoms with E-state index in [9.17, 15) is 0 Å². The second-order valence-corrected chi connectivity index (χ2v) is 3.52. The van der Waals surface area contributed by atoms with Gasteiger partial charge < -0.3 is 0 Å². The highest BCUT2D eigenvalue weighted by molar-refractivity contribution is 4.54. The lowest BCUT2D eigenvalue weighted by molar-refractivity contribution is -0.361. The summed E-state index contributed by atoms with van der Waals surface area (Å²) in [4.78, 5) is 11.8. The Hall–Kier alpha value is -0.120. The molecule has 0 atom stereocenters. The molecule has 62 valence electrons. The fourth-order valence-corrected chi connectivity index (χ4v) is 0.309. The highest BCUT2D eigenvalue weighted by atomic mass is 17.2. The maximum absolute atomic E-state index is 5.00. The van der Waals surface area contributed by atoms with Crippen LogP contribution in [0.4, 0.5) is 0 Å². The van der Waals surface area contributed by atoms with Crippen LogP contribution in [-0.4, -0.2) is 31.3 Å². The first-order chi connectivity index (χ1) is 4.42. The molecule has 0 spiro atoms. The highest BCUT2D eigenvalue weighted by Crippen LogP contribution is 2.06. The first-order valence-electron chi connectivity index (χ1n) is 3.37. The zero-order chi connectivity index (χ0) is 8.20. The van der Waals surface area contributed by atoms with Gasteiger partial charge in [0.2, 0.25) is 0 Å². The van der Waals surface area contributed by atoms with E-state index in [0.717, 1.165) is 0 Å². The van der Waals surface area contributed by atoms with Gasteiger partial charge in [-0.05, 0) is 34.9 Å². The first-order valence-corrected chi connectivity index (χ1v) is 3.37. The summed E-state index contributed by atoms with van der Waals surface area (Å²) in [5.41, 5.74) is -0.212. The molecule has 0 amide bonds. The summed E-state index contributed by atoms with van der Waals surface area (Å²) in [5.74, 6) is 0. The molecule has 0 fully saturated rings. The van der Waals surface area contributed by atoms with Crippen LogP contribution in [-0.2, 0) is 9.78 Å². The SMILES string of the molecule is CN(C)COOC(C)(C)C. The topological polar surface area (TPSA) is 21.7 Å². The number of rotatable bonds is 3. The standard InChI is InChI=1S/C7H17NO2/c1-7(2,3)10-9-6-8(4)5/h6H2,1-5H3. The molecule has 0 aromatic carbocycles. The van der Waals surface area contributed by atoms with Crippen molar-refractivity contribution in [2.75, 3.05) is 20.8 Å². The van der Waals surface area contributed by atoms with E-state index in [1.807, 2.05) is 39.8 Å². The molecule has 3 nitrogen and oxygen atoms in total. The highest BCUT2D eigenvalue weighted by Gasteiger charge is 2.10. The predicted octanol–water partition coefficient (Wildman–Crippen LogP) is 1.25. The van der Waals surface area contributed by atoms with Crippen LogP contribution in [0.3, 0.4) is 0 Å². The molecular formula is C7H17NO2. The van der Waals surface area contributed by atoms with E-state index in [0.29, 0.717) is 6.73 Å². The maximum atomic E-state index is 5.00. The molecule has 10 heavy (non-hydrogen) atoms. The van der Waals surface area contributed by atoms with E-state index in [1.54, 1.807) is 0 Å². The largest absolute Gasteiger partial charge is 0.284 e. The Morgan fingerprint density at radius 1 is 1.20 bits per heavy atom. The lowest BCUT2D eigenvalue weighted by Gasteiger charge is -2.19. The minimum Gasteiger partial charge on any atom is -0.284 e. The van der Waals surface area contributed by atoms with Crippen LogP contribution in [0.25, 0.3) is 0 Å². The van der Waals surface area contributed by atoms with E-state index in [4.69, 9.17) is 9.78 Å². The third-order valence-corrected chi connectivity index (χ3v) is 0.620. The smallest absolute Gasteiger partial charge is 0.135 e. The zero-order valence-corrected chi connectivity index (χ0v) is 7.47. The monoisotopic (exact) mass is 147 g/mol. The quantitative estimate of drug-likeness (QED) is 0.341. The molecular weight excluding hydrogens is 130 g/mol. The molecule has 0 aliphatic carbocycles. The molecule has 0 bridgehead atoms. The molecule has 0 saturated heterocycles. The van der Waals surface area contributed by atoms with Crippen LogP contribution < -0.4 is 0 Å². The minimum atomic E-state index is -0.212. The van der Waals surface area contributed by atoms with Gasteiger partial charge in [0, 0.05) is 0 Å². The summed E-state index contributed by atoms with van der Waals surface area (Å²) in [6, 6.07) is 0. The molecule has 0 saturated carbocycles. The fourth-order valence-electron chi connectivity index (χ4n) is 0.309. The van der Waals surface area contributed by atoms with Crippen LogP contribution in [0.2, 0.25) is 0 Å². The molecule has 0 aliphatic heterocycles. The van der Waals surface area contributed by atoms with E-state index in [2.05, 4.69) is 0 Å². The third-order valence-electron chi connectivity index (χ3n) is 0.620. The summed E-state index contributed by atoms with van der Waals surface area (Å²) in [6.07, 6.45) is 0. The van der Waals surface area contributed by atoms with E-state index in [-0.39, 0.29) is 5.60 Å². The second kappa shape index (κ2) is 3.91. The van der Waals surface area contributed by atoms with Crippen molar-refractivity contribution in [1.29, 1.82) is 0 Å². The maximum Gasteiger partial charge on any atom is 0.135 e. The Balaban J connectivity index is 3.21. The molecule has 0 rings (SSSR count). The average molecular weight is 147 g/mol. The molecule has 0 radical (unpaired) electrons. The van der Waals surface area contributed by atoms with Gasteiger partial charge in [0.15, 0.2) is 0 Å². The molecule has 0 aromatic heterocycles. The van der Waals surface area contributed by atoms with Crippen molar-refractivity contribution < 1.29 is 9.78 Å². The molecule has 0 heterocycles. The van der Waals surface area contributed by atoms with Crippen molar-refractivity contribution in [3.63, 3.8) is 0 Å². The fraction of sp³-hybridized carbons (Fsp3) is 1.00. The number of hydrogen-bond donors (Lipinski definition) is 0. The molecule has 0 aliphatic rings. The van der Waals surface area contributed by atoms with E-state index >= 15 is 0 Å². The Morgan fingerprint density at radius 2 is 1.70 bits per heavy atom. The van der Waals surface area contributed by atoms with E-state index in [1.165, 1.54) is 0 Å². The van der Waals surface area contributed by atoms with Gasteiger partial charge in [-0.2, -0.15) is 0 Å². The average Bonchev–Trinajstić information content (AvgIpc) is 1.59. The zero-order valence-electron chi connectivity index (χ0n) is 7.47. The lowest BCUT2D eigenvalue weighted by atomic mass is 10.2. The summed E-state index contributed by atoms with van der Waals surface area (Å²) < 4.78 is 0. The van der Waals surface area contributed by atoms with Crippen molar-refractivity contribution in [3.8, 4) is 0 Å². The summed E-state index contributed by atoms with van der Waals surface area (Å²) in [6.45, 7) is 6.34. The van der Waals surface area contributed by atoms with Gasteiger partial charge in [-0.15, -0.1) is 0 Å². The van der Waals surface area contributed by atoms with E-state index < -0.39 is 0 Å². The van der Waals surface area contributed by atoms with Crippen LogP contribution in [0, 0.1) is 0 Å². The third kappa shape index (κ3) is 7.88. The Labute approximate surface area is 62.8 Å². The normalized spacial score (nSPS) is 12.6. The van der Waals surface area contributed by atoms with Crippen LogP contribution >= 0.6 is 0 Å².